The summed E-state index contributed by atoms with van der Waals surface area (Å²) in [6, 6.07) is 5.05. The van der Waals surface area contributed by atoms with Crippen LogP contribution in [-0.2, 0) is 0 Å². The van der Waals surface area contributed by atoms with Gasteiger partial charge in [-0.1, -0.05) is 32.4 Å². The fourth-order valence-electron chi connectivity index (χ4n) is 2.54. The lowest BCUT2D eigenvalue weighted by molar-refractivity contribution is 0.0777. The molecular weight excluding hydrogens is 260 g/mol. The maximum absolute atomic E-state index is 12.5. The van der Waals surface area contributed by atoms with Crippen molar-refractivity contribution in [3.63, 3.8) is 0 Å². The Morgan fingerprint density at radius 2 is 2.11 bits per heavy atom. The molecular formula is C15H21ClN2O. The number of anilines is 1. The summed E-state index contributed by atoms with van der Waals surface area (Å²) in [6.07, 6.45) is 1.05. The quantitative estimate of drug-likeness (QED) is 0.801. The molecule has 1 aromatic rings. The molecule has 1 unspecified atom stereocenters. The van der Waals surface area contributed by atoms with Gasteiger partial charge in [0.1, 0.15) is 0 Å². The van der Waals surface area contributed by atoms with Crippen LogP contribution >= 0.6 is 11.6 Å². The van der Waals surface area contributed by atoms with Gasteiger partial charge in [0, 0.05) is 23.8 Å². The van der Waals surface area contributed by atoms with E-state index in [9.17, 15) is 4.79 Å². The molecule has 2 N–H and O–H groups in total. The van der Waals surface area contributed by atoms with E-state index in [-0.39, 0.29) is 11.3 Å². The Labute approximate surface area is 119 Å². The fourth-order valence-corrected chi connectivity index (χ4v) is 2.71. The molecule has 1 aromatic carbocycles. The second kappa shape index (κ2) is 5.04. The fraction of sp³-hybridized carbons (Fsp3) is 0.533. The van der Waals surface area contributed by atoms with Crippen LogP contribution in [0, 0.1) is 11.3 Å². The van der Waals surface area contributed by atoms with Crippen LogP contribution in [0.4, 0.5) is 5.69 Å². The number of carbonyl (C=O) groups is 1. The minimum atomic E-state index is -0.00764. The van der Waals surface area contributed by atoms with Crippen molar-refractivity contribution in [1.82, 2.24) is 4.90 Å². The van der Waals surface area contributed by atoms with E-state index in [2.05, 4.69) is 20.8 Å². The summed E-state index contributed by atoms with van der Waals surface area (Å²) in [5.74, 6) is 0.531. The van der Waals surface area contributed by atoms with E-state index in [1.54, 1.807) is 18.2 Å². The average molecular weight is 281 g/mol. The first-order valence-electron chi connectivity index (χ1n) is 6.63. The number of hydrogen-bond donors (Lipinski definition) is 1. The topological polar surface area (TPSA) is 46.3 Å². The summed E-state index contributed by atoms with van der Waals surface area (Å²) in [4.78, 5) is 14.4. The number of hydrogen-bond acceptors (Lipinski definition) is 2. The number of carbonyl (C=O) groups excluding carboxylic acids is 1. The van der Waals surface area contributed by atoms with Gasteiger partial charge >= 0.3 is 0 Å². The highest BCUT2D eigenvalue weighted by Crippen LogP contribution is 2.34. The van der Waals surface area contributed by atoms with Crippen LogP contribution < -0.4 is 5.73 Å². The summed E-state index contributed by atoms with van der Waals surface area (Å²) < 4.78 is 0. The van der Waals surface area contributed by atoms with Crippen LogP contribution in [-0.4, -0.2) is 23.9 Å². The molecule has 1 atom stereocenters. The zero-order valence-corrected chi connectivity index (χ0v) is 12.5. The molecule has 19 heavy (non-hydrogen) atoms. The number of nitrogens with zero attached hydrogens (tertiary/aromatic N) is 1. The highest BCUT2D eigenvalue weighted by atomic mass is 35.5. The molecule has 4 heteroatoms. The lowest BCUT2D eigenvalue weighted by Crippen LogP contribution is -2.31. The van der Waals surface area contributed by atoms with Crippen molar-refractivity contribution in [2.45, 2.75) is 27.2 Å². The van der Waals surface area contributed by atoms with Crippen LogP contribution in [0.25, 0.3) is 0 Å². The van der Waals surface area contributed by atoms with Crippen LogP contribution in [0.1, 0.15) is 37.6 Å². The Morgan fingerprint density at radius 1 is 1.42 bits per heavy atom. The molecule has 1 aliphatic rings. The molecule has 1 amide bonds. The molecule has 0 aliphatic carbocycles. The summed E-state index contributed by atoms with van der Waals surface area (Å²) in [7, 11) is 0. The Kier molecular flexibility index (Phi) is 3.77. The number of likely N-dealkylation sites (tertiary alicyclic amines) is 1. The molecule has 1 aliphatic heterocycles. The molecule has 3 nitrogen and oxygen atoms in total. The van der Waals surface area contributed by atoms with Gasteiger partial charge in [-0.05, 0) is 36.0 Å². The van der Waals surface area contributed by atoms with Gasteiger partial charge in [-0.3, -0.25) is 4.79 Å². The lowest BCUT2D eigenvalue weighted by Gasteiger charge is -2.27. The van der Waals surface area contributed by atoms with Gasteiger partial charge in [-0.15, -0.1) is 0 Å². The maximum Gasteiger partial charge on any atom is 0.256 e. The first kappa shape index (κ1) is 14.2. The molecule has 0 radical (unpaired) electrons. The number of halogens is 1. The Bertz CT molecular complexity index is 493. The van der Waals surface area contributed by atoms with Crippen LogP contribution in [0.3, 0.4) is 0 Å². The third kappa shape index (κ3) is 3.03. The minimum Gasteiger partial charge on any atom is -0.398 e. The summed E-state index contributed by atoms with van der Waals surface area (Å²) in [6.45, 7) is 8.26. The number of amides is 1. The SMILES string of the molecule is CC(C)(C)C1CCN(C(=O)c2cc(Cl)ccc2N)C1. The zero-order chi connectivity index (χ0) is 14.2. The van der Waals surface area contributed by atoms with E-state index in [0.717, 1.165) is 19.5 Å². The van der Waals surface area contributed by atoms with E-state index in [1.165, 1.54) is 0 Å². The number of nitrogens with two attached hydrogens (primary N) is 1. The van der Waals surface area contributed by atoms with Gasteiger partial charge in [0.25, 0.3) is 5.91 Å². The number of nitrogen functional groups attached to an aromatic ring is 1. The molecule has 0 aromatic heterocycles. The van der Waals surface area contributed by atoms with E-state index in [4.69, 9.17) is 17.3 Å². The van der Waals surface area contributed by atoms with Crippen molar-refractivity contribution in [2.75, 3.05) is 18.8 Å². The van der Waals surface area contributed by atoms with E-state index < -0.39 is 0 Å². The second-order valence-electron chi connectivity index (χ2n) is 6.33. The predicted octanol–water partition coefficient (Wildman–Crippen LogP) is 3.43. The second-order valence-corrected chi connectivity index (χ2v) is 6.77. The predicted molar refractivity (Wildman–Crippen MR) is 79.3 cm³/mol. The van der Waals surface area contributed by atoms with Crippen molar-refractivity contribution in [3.05, 3.63) is 28.8 Å². The molecule has 1 fully saturated rings. The monoisotopic (exact) mass is 280 g/mol. The molecule has 2 rings (SSSR count). The third-order valence-electron chi connectivity index (χ3n) is 3.95. The largest absolute Gasteiger partial charge is 0.398 e. The van der Waals surface area contributed by atoms with Crippen LogP contribution in [0.2, 0.25) is 5.02 Å². The van der Waals surface area contributed by atoms with E-state index in [0.29, 0.717) is 22.2 Å². The van der Waals surface area contributed by atoms with Crippen molar-refractivity contribution >= 4 is 23.2 Å². The molecule has 104 valence electrons. The molecule has 1 heterocycles. The van der Waals surface area contributed by atoms with Crippen molar-refractivity contribution in [3.8, 4) is 0 Å². The smallest absolute Gasteiger partial charge is 0.256 e. The molecule has 0 bridgehead atoms. The average Bonchev–Trinajstić information content (AvgIpc) is 2.80. The van der Waals surface area contributed by atoms with Crippen molar-refractivity contribution in [2.24, 2.45) is 11.3 Å². The van der Waals surface area contributed by atoms with Crippen LogP contribution in [0.15, 0.2) is 18.2 Å². The first-order chi connectivity index (χ1) is 8.79. The Morgan fingerprint density at radius 3 is 2.68 bits per heavy atom. The number of rotatable bonds is 1. The normalized spacial score (nSPS) is 19.8. The van der Waals surface area contributed by atoms with Gasteiger partial charge in [-0.2, -0.15) is 0 Å². The molecule has 0 saturated carbocycles. The standard InChI is InChI=1S/C15H21ClN2O/c1-15(2,3)10-6-7-18(9-10)14(19)12-8-11(16)4-5-13(12)17/h4-5,8,10H,6-7,9,17H2,1-3H3. The number of benzene rings is 1. The van der Waals surface area contributed by atoms with E-state index in [1.807, 2.05) is 4.90 Å². The van der Waals surface area contributed by atoms with Crippen molar-refractivity contribution < 1.29 is 4.79 Å². The third-order valence-corrected chi connectivity index (χ3v) is 4.18. The molecule has 1 saturated heterocycles. The van der Waals surface area contributed by atoms with E-state index >= 15 is 0 Å². The molecule has 0 spiro atoms. The Hall–Kier alpha value is -1.22. The van der Waals surface area contributed by atoms with Gasteiger partial charge in [0.15, 0.2) is 0 Å². The Balaban J connectivity index is 2.16. The van der Waals surface area contributed by atoms with Gasteiger partial charge in [-0.25, -0.2) is 0 Å². The minimum absolute atomic E-state index is 0.00764. The van der Waals surface area contributed by atoms with Crippen molar-refractivity contribution in [1.29, 1.82) is 0 Å². The summed E-state index contributed by atoms with van der Waals surface area (Å²) >= 11 is 5.94. The first-order valence-corrected chi connectivity index (χ1v) is 7.01. The maximum atomic E-state index is 12.5. The van der Waals surface area contributed by atoms with Gasteiger partial charge in [0.2, 0.25) is 0 Å². The lowest BCUT2D eigenvalue weighted by atomic mass is 9.80. The van der Waals surface area contributed by atoms with Gasteiger partial charge < -0.3 is 10.6 Å². The summed E-state index contributed by atoms with van der Waals surface area (Å²) in [5.41, 5.74) is 7.11. The van der Waals surface area contributed by atoms with Gasteiger partial charge in [0.05, 0.1) is 5.56 Å². The highest BCUT2D eigenvalue weighted by molar-refractivity contribution is 6.31. The summed E-state index contributed by atoms with van der Waals surface area (Å²) in [5, 5.41) is 0.545. The highest BCUT2D eigenvalue weighted by Gasteiger charge is 2.34. The van der Waals surface area contributed by atoms with Crippen LogP contribution in [0.5, 0.6) is 0 Å². The zero-order valence-electron chi connectivity index (χ0n) is 11.7.